The van der Waals surface area contributed by atoms with E-state index in [1.165, 1.54) is 5.56 Å². The zero-order valence-corrected chi connectivity index (χ0v) is 19.8. The molecule has 35 heavy (non-hydrogen) atoms. The van der Waals surface area contributed by atoms with E-state index in [0.717, 1.165) is 22.4 Å². The highest BCUT2D eigenvalue weighted by atomic mass is 16.5. The Bertz CT molecular complexity index is 1380. The smallest absolute Gasteiger partial charge is 0.251 e. The summed E-state index contributed by atoms with van der Waals surface area (Å²) in [6.07, 6.45) is 2.11. The van der Waals surface area contributed by atoms with E-state index in [-0.39, 0.29) is 18.5 Å². The Morgan fingerprint density at radius 3 is 2.43 bits per heavy atom. The first-order chi connectivity index (χ1) is 17.0. The van der Waals surface area contributed by atoms with Crippen molar-refractivity contribution in [2.75, 3.05) is 23.9 Å². The molecule has 1 aliphatic rings. The number of methoxy groups -OCH3 is 1. The Hall–Kier alpha value is -4.46. The van der Waals surface area contributed by atoms with Crippen molar-refractivity contribution >= 4 is 23.2 Å². The molecular formula is C27H26N6O2. The second-order valence-electron chi connectivity index (χ2n) is 8.56. The van der Waals surface area contributed by atoms with Gasteiger partial charge in [0, 0.05) is 11.8 Å². The number of amides is 1. The number of aryl methyl sites for hydroxylation is 2. The fourth-order valence-electron chi connectivity index (χ4n) is 4.14. The van der Waals surface area contributed by atoms with Crippen LogP contribution in [0, 0.1) is 13.8 Å². The lowest BCUT2D eigenvalue weighted by Gasteiger charge is -2.32. The highest BCUT2D eigenvalue weighted by Crippen LogP contribution is 2.36. The molecule has 8 nitrogen and oxygen atoms in total. The second kappa shape index (κ2) is 9.42. The molecule has 4 aromatic rings. The monoisotopic (exact) mass is 466 g/mol. The van der Waals surface area contributed by atoms with Gasteiger partial charge in [-0.15, -0.1) is 0 Å². The van der Waals surface area contributed by atoms with Crippen LogP contribution in [0.25, 0.3) is 5.70 Å². The lowest BCUT2D eigenvalue weighted by Crippen LogP contribution is -2.37. The fourth-order valence-corrected chi connectivity index (χ4v) is 4.14. The van der Waals surface area contributed by atoms with Crippen molar-refractivity contribution in [1.82, 2.24) is 20.2 Å². The minimum atomic E-state index is -0.199. The molecule has 0 radical (unpaired) electrons. The minimum Gasteiger partial charge on any atom is -0.497 e. The van der Waals surface area contributed by atoms with E-state index in [4.69, 9.17) is 4.74 Å². The third-order valence-electron chi connectivity index (χ3n) is 6.01. The van der Waals surface area contributed by atoms with Gasteiger partial charge in [0.2, 0.25) is 5.91 Å². The van der Waals surface area contributed by atoms with Crippen molar-refractivity contribution in [2.45, 2.75) is 19.9 Å². The van der Waals surface area contributed by atoms with E-state index in [0.29, 0.717) is 17.4 Å². The molecule has 1 amide bonds. The Morgan fingerprint density at radius 1 is 1.00 bits per heavy atom. The summed E-state index contributed by atoms with van der Waals surface area (Å²) in [7, 11) is 1.59. The van der Waals surface area contributed by atoms with Crippen LogP contribution in [-0.4, -0.2) is 39.8 Å². The number of tetrazole rings is 1. The maximum absolute atomic E-state index is 13.1. The van der Waals surface area contributed by atoms with Gasteiger partial charge in [-0.05, 0) is 53.6 Å². The van der Waals surface area contributed by atoms with E-state index in [1.807, 2.05) is 30.0 Å². The van der Waals surface area contributed by atoms with Crippen LogP contribution < -0.4 is 15.0 Å². The number of benzene rings is 3. The Balaban J connectivity index is 1.52. The van der Waals surface area contributed by atoms with Gasteiger partial charge in [-0.3, -0.25) is 9.69 Å². The Labute approximate surface area is 203 Å². The number of nitrogens with one attached hydrogen (secondary N) is 1. The van der Waals surface area contributed by atoms with Crippen molar-refractivity contribution in [2.24, 2.45) is 0 Å². The average Bonchev–Trinajstić information content (AvgIpc) is 3.36. The van der Waals surface area contributed by atoms with Gasteiger partial charge in [-0.2, -0.15) is 4.68 Å². The summed E-state index contributed by atoms with van der Waals surface area (Å²) >= 11 is 0. The molecule has 176 valence electrons. The normalized spacial score (nSPS) is 14.8. The molecule has 3 aromatic carbocycles. The highest BCUT2D eigenvalue weighted by molar-refractivity contribution is 5.97. The van der Waals surface area contributed by atoms with Gasteiger partial charge in [-0.1, -0.05) is 70.8 Å². The van der Waals surface area contributed by atoms with Gasteiger partial charge in [0.15, 0.2) is 0 Å². The van der Waals surface area contributed by atoms with Gasteiger partial charge in [0.25, 0.3) is 5.95 Å². The van der Waals surface area contributed by atoms with E-state index in [9.17, 15) is 4.79 Å². The number of carbonyl (C=O) groups excluding carboxylic acids is 1. The molecule has 0 spiro atoms. The number of nitrogens with zero attached hydrogens (tertiary/aromatic N) is 5. The van der Waals surface area contributed by atoms with Gasteiger partial charge < -0.3 is 10.1 Å². The molecule has 1 aromatic heterocycles. The third-order valence-corrected chi connectivity index (χ3v) is 6.01. The second-order valence-corrected chi connectivity index (χ2v) is 8.56. The number of hydrogen-bond acceptors (Lipinski definition) is 6. The van der Waals surface area contributed by atoms with E-state index >= 15 is 0 Å². The molecule has 0 bridgehead atoms. The van der Waals surface area contributed by atoms with Gasteiger partial charge in [-0.25, -0.2) is 0 Å². The topological polar surface area (TPSA) is 85.2 Å². The van der Waals surface area contributed by atoms with Crippen molar-refractivity contribution in [3.63, 3.8) is 0 Å². The van der Waals surface area contributed by atoms with Crippen molar-refractivity contribution in [3.05, 3.63) is 101 Å². The lowest BCUT2D eigenvalue weighted by atomic mass is 9.99. The summed E-state index contributed by atoms with van der Waals surface area (Å²) < 4.78 is 7.02. The molecular weight excluding hydrogens is 440 g/mol. The molecule has 2 heterocycles. The standard InChI is InChI=1S/C27H26N6O2/c1-18-7-11-20(12-8-18)24-16-25(21-13-9-19(2)10-14-21)33-27(29-30-31-33)32(24)17-26(34)28-22-5-4-6-23(15-22)35-3/h4-16,25H,17H2,1-3H3,(H,28,34)/t25-/m1/s1. The van der Waals surface area contributed by atoms with Gasteiger partial charge in [0.1, 0.15) is 18.3 Å². The molecule has 1 atom stereocenters. The maximum Gasteiger partial charge on any atom is 0.251 e. The first-order valence-corrected chi connectivity index (χ1v) is 11.4. The first kappa shape index (κ1) is 22.3. The number of ether oxygens (including phenoxy) is 1. The maximum atomic E-state index is 13.1. The average molecular weight is 467 g/mol. The quantitative estimate of drug-likeness (QED) is 0.454. The van der Waals surface area contributed by atoms with Crippen LogP contribution in [0.15, 0.2) is 78.9 Å². The van der Waals surface area contributed by atoms with Crippen molar-refractivity contribution < 1.29 is 9.53 Å². The molecule has 0 saturated carbocycles. The molecule has 0 aliphatic carbocycles. The number of rotatable bonds is 6. The number of allylic oxidation sites excluding steroid dienone is 1. The zero-order valence-electron chi connectivity index (χ0n) is 19.8. The van der Waals surface area contributed by atoms with Crippen LogP contribution in [-0.2, 0) is 4.79 Å². The highest BCUT2D eigenvalue weighted by Gasteiger charge is 2.32. The minimum absolute atomic E-state index is 0.0396. The summed E-state index contributed by atoms with van der Waals surface area (Å²) in [5.74, 6) is 0.986. The van der Waals surface area contributed by atoms with Crippen LogP contribution in [0.1, 0.15) is 28.3 Å². The largest absolute Gasteiger partial charge is 0.497 e. The molecule has 8 heteroatoms. The van der Waals surface area contributed by atoms with Crippen LogP contribution in [0.3, 0.4) is 0 Å². The number of anilines is 2. The Morgan fingerprint density at radius 2 is 1.71 bits per heavy atom. The third kappa shape index (κ3) is 4.63. The summed E-state index contributed by atoms with van der Waals surface area (Å²) in [4.78, 5) is 15.0. The number of fused-ring (bicyclic) bond motifs is 1. The molecule has 5 rings (SSSR count). The molecule has 0 saturated heterocycles. The lowest BCUT2D eigenvalue weighted by molar-refractivity contribution is -0.114. The first-order valence-electron chi connectivity index (χ1n) is 11.4. The Kier molecular flexibility index (Phi) is 6.01. The summed E-state index contributed by atoms with van der Waals surface area (Å²) in [6.45, 7) is 4.15. The fraction of sp³-hybridized carbons (Fsp3) is 0.185. The van der Waals surface area contributed by atoms with E-state index in [1.54, 1.807) is 17.9 Å². The predicted molar refractivity (Wildman–Crippen MR) is 135 cm³/mol. The summed E-state index contributed by atoms with van der Waals surface area (Å²) in [5, 5.41) is 15.5. The molecule has 0 fully saturated rings. The number of hydrogen-bond donors (Lipinski definition) is 1. The van der Waals surface area contributed by atoms with Gasteiger partial charge in [0.05, 0.1) is 12.8 Å². The number of aromatic nitrogens is 4. The van der Waals surface area contributed by atoms with Crippen molar-refractivity contribution in [1.29, 1.82) is 0 Å². The van der Waals surface area contributed by atoms with Crippen LogP contribution in [0.5, 0.6) is 5.75 Å². The number of carbonyl (C=O) groups is 1. The predicted octanol–water partition coefficient (Wildman–Crippen LogP) is 4.39. The van der Waals surface area contributed by atoms with Crippen LogP contribution in [0.4, 0.5) is 11.6 Å². The molecule has 1 N–H and O–H groups in total. The van der Waals surface area contributed by atoms with Crippen LogP contribution >= 0.6 is 0 Å². The van der Waals surface area contributed by atoms with E-state index in [2.05, 4.69) is 82.4 Å². The molecule has 0 unspecified atom stereocenters. The SMILES string of the molecule is COc1cccc(NC(=O)CN2C(c3ccc(C)cc3)=C[C@H](c3ccc(C)cc3)n3nnnc32)c1. The summed E-state index contributed by atoms with van der Waals surface area (Å²) in [5.41, 5.74) is 5.92. The van der Waals surface area contributed by atoms with E-state index < -0.39 is 0 Å². The van der Waals surface area contributed by atoms with Crippen LogP contribution in [0.2, 0.25) is 0 Å². The summed E-state index contributed by atoms with van der Waals surface area (Å²) in [6, 6.07) is 23.6. The zero-order chi connectivity index (χ0) is 24.4. The molecule has 1 aliphatic heterocycles. The van der Waals surface area contributed by atoms with Crippen molar-refractivity contribution in [3.8, 4) is 5.75 Å². The van der Waals surface area contributed by atoms with Gasteiger partial charge >= 0.3 is 0 Å².